The normalized spacial score (nSPS) is 13.2. The molecule has 1 aromatic heterocycles. The van der Waals surface area contributed by atoms with E-state index in [9.17, 15) is 8.42 Å². The molecular formula is C17H24N4O2S. The van der Waals surface area contributed by atoms with Crippen molar-refractivity contribution in [1.29, 1.82) is 0 Å². The second-order valence-corrected chi connectivity index (χ2v) is 8.49. The lowest BCUT2D eigenvalue weighted by Crippen LogP contribution is -2.20. The lowest BCUT2D eigenvalue weighted by Gasteiger charge is -2.19. The van der Waals surface area contributed by atoms with E-state index in [2.05, 4.69) is 35.8 Å². The Kier molecular flexibility index (Phi) is 4.85. The molecule has 0 fully saturated rings. The van der Waals surface area contributed by atoms with Crippen molar-refractivity contribution in [1.82, 2.24) is 14.6 Å². The standard InChI is InChI=1S/C17H24N4O2S/c1-12(16-11-18-21(6)13(16)2)19-20-24(22,23)15-9-7-14(8-10-15)17(3,4)5/h7-11,20H,1-6H3/b19-12+. The van der Waals surface area contributed by atoms with Gasteiger partial charge in [-0.05, 0) is 37.0 Å². The van der Waals surface area contributed by atoms with Crippen LogP contribution in [0.2, 0.25) is 0 Å². The molecule has 0 saturated heterocycles. The van der Waals surface area contributed by atoms with Crippen LogP contribution in [0.15, 0.2) is 40.5 Å². The van der Waals surface area contributed by atoms with Crippen molar-refractivity contribution in [3.05, 3.63) is 47.3 Å². The molecule has 0 saturated carbocycles. The SMILES string of the molecule is C/C(=N\NS(=O)(=O)c1ccc(C(C)(C)C)cc1)c1cnn(C)c1C. The van der Waals surface area contributed by atoms with E-state index in [1.807, 2.05) is 26.1 Å². The summed E-state index contributed by atoms with van der Waals surface area (Å²) in [5.74, 6) is 0. The second-order valence-electron chi connectivity index (χ2n) is 6.83. The Morgan fingerprint density at radius 3 is 2.25 bits per heavy atom. The highest BCUT2D eigenvalue weighted by Crippen LogP contribution is 2.23. The average molecular weight is 348 g/mol. The minimum absolute atomic E-state index is 0.0255. The van der Waals surface area contributed by atoms with Crippen LogP contribution in [-0.4, -0.2) is 23.9 Å². The maximum absolute atomic E-state index is 12.4. The third-order valence-corrected chi connectivity index (χ3v) is 5.21. The lowest BCUT2D eigenvalue weighted by molar-refractivity contribution is 0.580. The van der Waals surface area contributed by atoms with Gasteiger partial charge in [0.1, 0.15) is 0 Å². The summed E-state index contributed by atoms with van der Waals surface area (Å²) >= 11 is 0. The summed E-state index contributed by atoms with van der Waals surface area (Å²) in [4.78, 5) is 2.48. The average Bonchev–Trinajstić information content (AvgIpc) is 2.84. The van der Waals surface area contributed by atoms with Gasteiger partial charge in [-0.2, -0.15) is 23.4 Å². The largest absolute Gasteiger partial charge is 0.276 e. The summed E-state index contributed by atoms with van der Waals surface area (Å²) in [6.07, 6.45) is 1.67. The van der Waals surface area contributed by atoms with Crippen molar-refractivity contribution in [2.45, 2.75) is 44.9 Å². The van der Waals surface area contributed by atoms with Gasteiger partial charge in [0.2, 0.25) is 0 Å². The minimum atomic E-state index is -3.70. The van der Waals surface area contributed by atoms with E-state index < -0.39 is 10.0 Å². The van der Waals surface area contributed by atoms with Crippen molar-refractivity contribution in [2.24, 2.45) is 12.1 Å². The third kappa shape index (κ3) is 3.84. The van der Waals surface area contributed by atoms with Gasteiger partial charge in [0.25, 0.3) is 10.0 Å². The molecule has 0 radical (unpaired) electrons. The zero-order valence-corrected chi connectivity index (χ0v) is 15.8. The van der Waals surface area contributed by atoms with E-state index in [1.165, 1.54) is 0 Å². The summed E-state index contributed by atoms with van der Waals surface area (Å²) < 4.78 is 26.5. The number of sulfonamides is 1. The van der Waals surface area contributed by atoms with Crippen molar-refractivity contribution >= 4 is 15.7 Å². The molecule has 7 heteroatoms. The van der Waals surface area contributed by atoms with E-state index in [0.29, 0.717) is 5.71 Å². The third-order valence-electron chi connectivity index (χ3n) is 3.99. The predicted octanol–water partition coefficient (Wildman–Crippen LogP) is 2.73. The number of aromatic nitrogens is 2. The van der Waals surface area contributed by atoms with E-state index in [4.69, 9.17) is 0 Å². The quantitative estimate of drug-likeness (QED) is 0.682. The van der Waals surface area contributed by atoms with Gasteiger partial charge < -0.3 is 0 Å². The first-order valence-corrected chi connectivity index (χ1v) is 9.16. The summed E-state index contributed by atoms with van der Waals surface area (Å²) in [6, 6.07) is 6.86. The fourth-order valence-corrected chi connectivity index (χ4v) is 3.09. The molecule has 24 heavy (non-hydrogen) atoms. The fraction of sp³-hybridized carbons (Fsp3) is 0.412. The van der Waals surface area contributed by atoms with Gasteiger partial charge in [0, 0.05) is 18.3 Å². The first-order chi connectivity index (χ1) is 11.0. The Balaban J connectivity index is 2.22. The number of nitrogens with zero attached hydrogens (tertiary/aromatic N) is 3. The first kappa shape index (κ1) is 18.2. The zero-order valence-electron chi connectivity index (χ0n) is 15.0. The second kappa shape index (κ2) is 6.39. The molecule has 2 rings (SSSR count). The molecule has 0 bridgehead atoms. The number of rotatable bonds is 4. The van der Waals surface area contributed by atoms with E-state index >= 15 is 0 Å². The van der Waals surface area contributed by atoms with Gasteiger partial charge in [-0.3, -0.25) is 4.68 Å². The predicted molar refractivity (Wildman–Crippen MR) is 95.6 cm³/mol. The Hall–Kier alpha value is -2.15. The molecule has 0 amide bonds. The van der Waals surface area contributed by atoms with Crippen LogP contribution < -0.4 is 4.83 Å². The van der Waals surface area contributed by atoms with E-state index in [1.54, 1.807) is 29.9 Å². The number of aryl methyl sites for hydroxylation is 1. The number of hydrogen-bond acceptors (Lipinski definition) is 4. The van der Waals surface area contributed by atoms with Gasteiger partial charge in [-0.15, -0.1) is 0 Å². The van der Waals surface area contributed by atoms with Crippen LogP contribution in [-0.2, 0) is 22.5 Å². The number of hydrogen-bond donors (Lipinski definition) is 1. The van der Waals surface area contributed by atoms with Crippen molar-refractivity contribution in [2.75, 3.05) is 0 Å². The van der Waals surface area contributed by atoms with Crippen molar-refractivity contribution in [3.8, 4) is 0 Å². The van der Waals surface area contributed by atoms with Crippen LogP contribution in [0.1, 0.15) is 44.5 Å². The summed E-state index contributed by atoms with van der Waals surface area (Å²) in [5, 5.41) is 8.14. The highest BCUT2D eigenvalue weighted by molar-refractivity contribution is 7.89. The Labute approximate surface area is 143 Å². The fourth-order valence-electron chi connectivity index (χ4n) is 2.23. The molecule has 1 heterocycles. The smallest absolute Gasteiger partial charge is 0.272 e. The summed E-state index contributed by atoms with van der Waals surface area (Å²) in [7, 11) is -1.87. The molecule has 1 aromatic carbocycles. The van der Waals surface area contributed by atoms with Crippen LogP contribution in [0.25, 0.3) is 0 Å². The number of nitrogens with one attached hydrogen (secondary N) is 1. The van der Waals surface area contributed by atoms with Gasteiger partial charge in [0.15, 0.2) is 0 Å². The van der Waals surface area contributed by atoms with E-state index in [0.717, 1.165) is 16.8 Å². The Bertz CT molecular complexity index is 857. The molecule has 1 N–H and O–H groups in total. The van der Waals surface area contributed by atoms with Crippen LogP contribution >= 0.6 is 0 Å². The molecular weight excluding hydrogens is 324 g/mol. The lowest BCUT2D eigenvalue weighted by atomic mass is 9.87. The molecule has 0 aliphatic rings. The van der Waals surface area contributed by atoms with Crippen LogP contribution in [0, 0.1) is 6.92 Å². The highest BCUT2D eigenvalue weighted by Gasteiger charge is 2.17. The van der Waals surface area contributed by atoms with Gasteiger partial charge in [-0.1, -0.05) is 32.9 Å². The summed E-state index contributed by atoms with van der Waals surface area (Å²) in [5.41, 5.74) is 3.35. The molecule has 0 aliphatic carbocycles. The molecule has 2 aromatic rings. The maximum Gasteiger partial charge on any atom is 0.276 e. The van der Waals surface area contributed by atoms with E-state index in [-0.39, 0.29) is 10.3 Å². The van der Waals surface area contributed by atoms with Crippen molar-refractivity contribution < 1.29 is 8.42 Å². The molecule has 6 nitrogen and oxygen atoms in total. The molecule has 0 aliphatic heterocycles. The van der Waals surface area contributed by atoms with Gasteiger partial charge in [-0.25, -0.2) is 0 Å². The van der Waals surface area contributed by atoms with Crippen LogP contribution in [0.3, 0.4) is 0 Å². The monoisotopic (exact) mass is 348 g/mol. The molecule has 0 atom stereocenters. The zero-order chi connectivity index (χ0) is 18.1. The number of benzene rings is 1. The minimum Gasteiger partial charge on any atom is -0.272 e. The highest BCUT2D eigenvalue weighted by atomic mass is 32.2. The molecule has 0 unspecified atom stereocenters. The van der Waals surface area contributed by atoms with Gasteiger partial charge in [0.05, 0.1) is 16.8 Å². The topological polar surface area (TPSA) is 76.3 Å². The maximum atomic E-state index is 12.4. The van der Waals surface area contributed by atoms with Crippen molar-refractivity contribution in [3.63, 3.8) is 0 Å². The Morgan fingerprint density at radius 2 is 1.79 bits per heavy atom. The van der Waals surface area contributed by atoms with Crippen LogP contribution in [0.4, 0.5) is 0 Å². The molecule has 130 valence electrons. The van der Waals surface area contributed by atoms with Crippen LogP contribution in [0.5, 0.6) is 0 Å². The first-order valence-electron chi connectivity index (χ1n) is 7.68. The molecule has 0 spiro atoms. The Morgan fingerprint density at radius 1 is 1.21 bits per heavy atom. The van der Waals surface area contributed by atoms with Gasteiger partial charge >= 0.3 is 0 Å². The number of hydrazone groups is 1. The summed E-state index contributed by atoms with van der Waals surface area (Å²) in [6.45, 7) is 9.90.